The Hall–Kier alpha value is -1.55. The highest BCUT2D eigenvalue weighted by Crippen LogP contribution is 2.22. The van der Waals surface area contributed by atoms with Crippen LogP contribution in [-0.4, -0.2) is 73.6 Å². The molecule has 0 atom stereocenters. The molecule has 1 aliphatic heterocycles. The summed E-state index contributed by atoms with van der Waals surface area (Å²) < 4.78 is 5.96. The van der Waals surface area contributed by atoms with E-state index in [0.29, 0.717) is 6.54 Å². The highest BCUT2D eigenvalue weighted by Gasteiger charge is 2.18. The maximum Gasteiger partial charge on any atom is 0.219 e. The molecular formula is C22H38IN5O2. The van der Waals surface area contributed by atoms with Gasteiger partial charge in [0.05, 0.1) is 12.6 Å². The number of aryl methyl sites for hydroxylation is 1. The van der Waals surface area contributed by atoms with Crippen LogP contribution in [0.5, 0.6) is 5.75 Å². The molecule has 0 saturated carbocycles. The van der Waals surface area contributed by atoms with Crippen LogP contribution >= 0.6 is 24.0 Å². The van der Waals surface area contributed by atoms with Crippen molar-refractivity contribution in [3.05, 3.63) is 29.3 Å². The van der Waals surface area contributed by atoms with E-state index in [1.807, 2.05) is 18.7 Å². The van der Waals surface area contributed by atoms with Crippen molar-refractivity contribution >= 4 is 35.8 Å². The summed E-state index contributed by atoms with van der Waals surface area (Å²) in [4.78, 5) is 20.5. The van der Waals surface area contributed by atoms with Crippen LogP contribution in [0.1, 0.15) is 38.8 Å². The molecule has 0 unspecified atom stereocenters. The number of amides is 1. The van der Waals surface area contributed by atoms with Crippen LogP contribution in [0, 0.1) is 6.92 Å². The summed E-state index contributed by atoms with van der Waals surface area (Å²) in [5.74, 6) is 1.88. The van der Waals surface area contributed by atoms with Crippen LogP contribution in [0.2, 0.25) is 0 Å². The molecule has 1 saturated heterocycles. The highest BCUT2D eigenvalue weighted by atomic mass is 127. The quantitative estimate of drug-likeness (QED) is 0.307. The second kappa shape index (κ2) is 13.7. The number of benzene rings is 1. The molecule has 0 aliphatic carbocycles. The summed E-state index contributed by atoms with van der Waals surface area (Å²) in [7, 11) is 0. The average Bonchev–Trinajstić information content (AvgIpc) is 2.67. The lowest BCUT2D eigenvalue weighted by atomic mass is 10.1. The molecule has 2 rings (SSSR count). The van der Waals surface area contributed by atoms with Crippen LogP contribution in [0.15, 0.2) is 23.2 Å². The van der Waals surface area contributed by atoms with E-state index < -0.39 is 0 Å². The number of piperazine rings is 1. The first-order chi connectivity index (χ1) is 13.9. The highest BCUT2D eigenvalue weighted by molar-refractivity contribution is 14.0. The van der Waals surface area contributed by atoms with Crippen molar-refractivity contribution in [1.82, 2.24) is 20.4 Å². The largest absolute Gasteiger partial charge is 0.491 e. The number of nitrogens with zero attached hydrogens (tertiary/aromatic N) is 3. The smallest absolute Gasteiger partial charge is 0.219 e. The van der Waals surface area contributed by atoms with E-state index in [0.717, 1.165) is 63.1 Å². The van der Waals surface area contributed by atoms with Gasteiger partial charge in [-0.2, -0.15) is 0 Å². The molecule has 0 spiro atoms. The minimum absolute atomic E-state index is 0. The average molecular weight is 531 g/mol. The maximum atomic E-state index is 11.4. The number of ether oxygens (including phenoxy) is 1. The van der Waals surface area contributed by atoms with Crippen molar-refractivity contribution in [3.63, 3.8) is 0 Å². The Labute approximate surface area is 198 Å². The Kier molecular flexibility index (Phi) is 12.1. The molecule has 170 valence electrons. The van der Waals surface area contributed by atoms with E-state index >= 15 is 0 Å². The Morgan fingerprint density at radius 3 is 2.50 bits per heavy atom. The van der Waals surface area contributed by atoms with Crippen molar-refractivity contribution in [2.75, 3.05) is 45.8 Å². The van der Waals surface area contributed by atoms with Crippen LogP contribution < -0.4 is 15.4 Å². The van der Waals surface area contributed by atoms with E-state index in [1.165, 1.54) is 5.56 Å². The maximum absolute atomic E-state index is 11.4. The molecule has 2 N–H and O–H groups in total. The molecule has 1 aromatic rings. The van der Waals surface area contributed by atoms with E-state index in [1.54, 1.807) is 6.92 Å². The van der Waals surface area contributed by atoms with Gasteiger partial charge in [-0.1, -0.05) is 12.1 Å². The Bertz CT molecular complexity index is 688. The van der Waals surface area contributed by atoms with Gasteiger partial charge in [0.1, 0.15) is 5.75 Å². The first-order valence-electron chi connectivity index (χ1n) is 10.6. The molecule has 0 aromatic heterocycles. The fourth-order valence-corrected chi connectivity index (χ4v) is 3.28. The van der Waals surface area contributed by atoms with Crippen LogP contribution in [-0.2, 0) is 11.3 Å². The van der Waals surface area contributed by atoms with Gasteiger partial charge in [-0.05, 0) is 39.3 Å². The van der Waals surface area contributed by atoms with Gasteiger partial charge in [0.15, 0.2) is 5.96 Å². The van der Waals surface area contributed by atoms with Gasteiger partial charge in [-0.3, -0.25) is 9.69 Å². The van der Waals surface area contributed by atoms with Gasteiger partial charge in [-0.15, -0.1) is 24.0 Å². The Balaban J connectivity index is 0.00000450. The zero-order valence-corrected chi connectivity index (χ0v) is 21.4. The Morgan fingerprint density at radius 2 is 1.90 bits per heavy atom. The number of halogens is 1. The lowest BCUT2D eigenvalue weighted by Crippen LogP contribution is -2.50. The molecule has 1 amide bonds. The number of hydrogen-bond donors (Lipinski definition) is 2. The first kappa shape index (κ1) is 26.5. The lowest BCUT2D eigenvalue weighted by molar-refractivity contribution is -0.130. The molecule has 1 fully saturated rings. The van der Waals surface area contributed by atoms with Crippen LogP contribution in [0.25, 0.3) is 0 Å². The molecule has 1 aliphatic rings. The van der Waals surface area contributed by atoms with E-state index in [2.05, 4.69) is 47.6 Å². The topological polar surface area (TPSA) is 69.2 Å². The first-order valence-corrected chi connectivity index (χ1v) is 10.6. The number of hydrogen-bond acceptors (Lipinski definition) is 4. The van der Waals surface area contributed by atoms with E-state index in [-0.39, 0.29) is 36.0 Å². The van der Waals surface area contributed by atoms with Gasteiger partial charge < -0.3 is 20.3 Å². The number of guanidine groups is 1. The van der Waals surface area contributed by atoms with Gasteiger partial charge in [-0.25, -0.2) is 4.99 Å². The molecule has 0 bridgehead atoms. The zero-order chi connectivity index (χ0) is 21.2. The molecule has 8 heteroatoms. The zero-order valence-electron chi connectivity index (χ0n) is 19.0. The van der Waals surface area contributed by atoms with Gasteiger partial charge in [0.25, 0.3) is 0 Å². The summed E-state index contributed by atoms with van der Waals surface area (Å²) >= 11 is 0. The van der Waals surface area contributed by atoms with Crippen molar-refractivity contribution in [2.24, 2.45) is 4.99 Å². The Morgan fingerprint density at radius 1 is 1.20 bits per heavy atom. The third-order valence-corrected chi connectivity index (χ3v) is 4.88. The number of nitrogens with one attached hydrogen (secondary N) is 2. The normalized spacial score (nSPS) is 15.0. The van der Waals surface area contributed by atoms with Crippen molar-refractivity contribution in [3.8, 4) is 5.75 Å². The molecule has 30 heavy (non-hydrogen) atoms. The van der Waals surface area contributed by atoms with Crippen LogP contribution in [0.4, 0.5) is 0 Å². The minimum atomic E-state index is 0. The molecule has 1 heterocycles. The lowest BCUT2D eigenvalue weighted by Gasteiger charge is -2.34. The second-order valence-corrected chi connectivity index (χ2v) is 7.75. The summed E-state index contributed by atoms with van der Waals surface area (Å²) in [6, 6.07) is 6.26. The predicted molar refractivity (Wildman–Crippen MR) is 134 cm³/mol. The molecule has 0 radical (unpaired) electrons. The number of carbonyl (C=O) groups excluding carboxylic acids is 1. The van der Waals surface area contributed by atoms with Crippen molar-refractivity contribution in [1.29, 1.82) is 0 Å². The summed E-state index contributed by atoms with van der Waals surface area (Å²) in [5, 5.41) is 6.73. The minimum Gasteiger partial charge on any atom is -0.491 e. The van der Waals surface area contributed by atoms with Gasteiger partial charge in [0, 0.05) is 58.3 Å². The number of carbonyl (C=O) groups is 1. The SMILES string of the molecule is CCNC(=NCc1ccc(C)cc1OC(C)C)NCCN1CCN(C(C)=O)CC1.I. The third kappa shape index (κ3) is 9.07. The fourth-order valence-electron chi connectivity index (χ4n) is 3.28. The van der Waals surface area contributed by atoms with Crippen LogP contribution in [0.3, 0.4) is 0 Å². The number of aliphatic imine (C=N–C) groups is 1. The summed E-state index contributed by atoms with van der Waals surface area (Å²) in [6.07, 6.45) is 0.134. The van der Waals surface area contributed by atoms with Gasteiger partial charge in [0.2, 0.25) is 5.91 Å². The third-order valence-electron chi connectivity index (χ3n) is 4.88. The monoisotopic (exact) mass is 531 g/mol. The fraction of sp³-hybridized carbons (Fsp3) is 0.636. The molecule has 1 aromatic carbocycles. The second-order valence-electron chi connectivity index (χ2n) is 7.75. The van der Waals surface area contributed by atoms with E-state index in [9.17, 15) is 4.79 Å². The molecular weight excluding hydrogens is 493 g/mol. The standard InChI is InChI=1S/C22H37N5O2.HI/c1-6-23-22(24-9-10-26-11-13-27(14-12-26)19(5)28)25-16-20-8-7-18(4)15-21(20)29-17(2)3;/h7-8,15,17H,6,9-14,16H2,1-5H3,(H2,23,24,25);1H. The van der Waals surface area contributed by atoms with Crippen molar-refractivity contribution in [2.45, 2.75) is 47.3 Å². The van der Waals surface area contributed by atoms with Crippen molar-refractivity contribution < 1.29 is 9.53 Å². The summed E-state index contributed by atoms with van der Waals surface area (Å²) in [6.45, 7) is 16.5. The number of rotatable bonds is 8. The molecule has 7 nitrogen and oxygen atoms in total. The van der Waals surface area contributed by atoms with Gasteiger partial charge >= 0.3 is 0 Å². The predicted octanol–water partition coefficient (Wildman–Crippen LogP) is 2.62. The summed E-state index contributed by atoms with van der Waals surface area (Å²) in [5.41, 5.74) is 2.27. The van der Waals surface area contributed by atoms with E-state index in [4.69, 9.17) is 9.73 Å².